The molecule has 4 unspecified atom stereocenters. The van der Waals surface area contributed by atoms with Crippen molar-refractivity contribution < 1.29 is 51.5 Å². The Balaban J connectivity index is 1.32. The van der Waals surface area contributed by atoms with Gasteiger partial charge in [0.1, 0.15) is 11.3 Å². The number of aliphatic hydroxyl groups is 2. The highest BCUT2D eigenvalue weighted by Gasteiger charge is 2.34. The Morgan fingerprint density at radius 2 is 1.51 bits per heavy atom. The monoisotopic (exact) mass is 658 g/mol. The third-order valence-corrected chi connectivity index (χ3v) is 7.75. The van der Waals surface area contributed by atoms with Crippen LogP contribution in [0.25, 0.3) is 0 Å². The molecule has 0 aromatic heterocycles. The maximum atomic E-state index is 14.1. The number of phenols is 1. The van der Waals surface area contributed by atoms with Crippen LogP contribution in [0.5, 0.6) is 5.75 Å². The number of amides is 1. The standard InChI is InChI=1S/C34H31F5N2O6/c1-41(16-25(44)21-3-2-4-23(43)13-21)15-24-14-26(19-7-5-18(17-42)6-8-19)47-34(46-24)20-9-11-22(12-10-20)40-33(45)27-28(35)30(37)32(39)31(38)29(27)36/h2-13,24-26,34,42-44H,14-17H2,1H3,(H,40,45). The van der Waals surface area contributed by atoms with Crippen molar-refractivity contribution in [2.75, 3.05) is 25.5 Å². The fourth-order valence-corrected chi connectivity index (χ4v) is 5.31. The van der Waals surface area contributed by atoms with E-state index in [9.17, 15) is 42.1 Å². The fourth-order valence-electron chi connectivity index (χ4n) is 5.31. The number of phenolic OH excluding ortho intramolecular Hbond substituents is 1. The first kappa shape index (κ1) is 33.9. The lowest BCUT2D eigenvalue weighted by atomic mass is 9.99. The molecule has 0 aliphatic carbocycles. The zero-order valence-corrected chi connectivity index (χ0v) is 25.0. The molecule has 1 heterocycles. The fraction of sp³-hybridized carbons (Fsp3) is 0.265. The number of rotatable bonds is 10. The van der Waals surface area contributed by atoms with Crippen LogP contribution < -0.4 is 5.32 Å². The van der Waals surface area contributed by atoms with Crippen molar-refractivity contribution in [1.82, 2.24) is 4.90 Å². The topological polar surface area (TPSA) is 111 Å². The van der Waals surface area contributed by atoms with Crippen molar-refractivity contribution in [2.45, 2.75) is 37.6 Å². The number of likely N-dealkylation sites (N-methyl/N-ethyl adjacent to an activating group) is 1. The third kappa shape index (κ3) is 7.77. The summed E-state index contributed by atoms with van der Waals surface area (Å²) in [6, 6.07) is 19.3. The van der Waals surface area contributed by atoms with Crippen molar-refractivity contribution in [3.05, 3.63) is 130 Å². The maximum Gasteiger partial charge on any atom is 0.261 e. The molecule has 4 aromatic carbocycles. The minimum absolute atomic E-state index is 0.00635. The van der Waals surface area contributed by atoms with E-state index in [0.29, 0.717) is 24.1 Å². The number of benzene rings is 4. The molecule has 1 saturated heterocycles. The van der Waals surface area contributed by atoms with E-state index < -0.39 is 65.2 Å². The summed E-state index contributed by atoms with van der Waals surface area (Å²) in [4.78, 5) is 14.4. The first-order chi connectivity index (χ1) is 22.4. The Labute approximate surface area is 266 Å². The van der Waals surface area contributed by atoms with Crippen molar-refractivity contribution in [2.24, 2.45) is 0 Å². The maximum absolute atomic E-state index is 14.1. The van der Waals surface area contributed by atoms with Gasteiger partial charge in [0.15, 0.2) is 29.6 Å². The molecule has 5 rings (SSSR count). The van der Waals surface area contributed by atoms with Crippen LogP contribution in [0.15, 0.2) is 72.8 Å². The number of carbonyl (C=O) groups is 1. The quantitative estimate of drug-likeness (QED) is 0.0934. The molecule has 1 aliphatic heterocycles. The first-order valence-electron chi connectivity index (χ1n) is 14.5. The number of aliphatic hydroxyl groups excluding tert-OH is 2. The highest BCUT2D eigenvalue weighted by Crippen LogP contribution is 2.38. The average Bonchev–Trinajstić information content (AvgIpc) is 3.06. The van der Waals surface area contributed by atoms with E-state index in [0.717, 1.165) is 11.1 Å². The normalized spacial score (nSPS) is 18.7. The SMILES string of the molecule is CN(CC1CC(c2ccc(CO)cc2)OC(c2ccc(NC(=O)c3c(F)c(F)c(F)c(F)c3F)cc2)O1)CC(O)c1cccc(O)c1. The number of carbonyl (C=O) groups excluding carboxylic acids is 1. The number of ether oxygens (including phenoxy) is 2. The van der Waals surface area contributed by atoms with Gasteiger partial charge in [-0.15, -0.1) is 0 Å². The van der Waals surface area contributed by atoms with Crippen molar-refractivity contribution in [1.29, 1.82) is 0 Å². The molecular formula is C34H31F5N2O6. The minimum Gasteiger partial charge on any atom is -0.508 e. The lowest BCUT2D eigenvalue weighted by molar-refractivity contribution is -0.252. The van der Waals surface area contributed by atoms with Gasteiger partial charge in [-0.3, -0.25) is 4.79 Å². The number of hydrogen-bond donors (Lipinski definition) is 4. The molecule has 8 nitrogen and oxygen atoms in total. The van der Waals surface area contributed by atoms with Crippen LogP contribution in [0.2, 0.25) is 0 Å². The number of halogens is 5. The zero-order valence-electron chi connectivity index (χ0n) is 25.0. The highest BCUT2D eigenvalue weighted by atomic mass is 19.2. The first-order valence-corrected chi connectivity index (χ1v) is 14.5. The van der Waals surface area contributed by atoms with E-state index >= 15 is 0 Å². The molecule has 1 aliphatic rings. The molecule has 13 heteroatoms. The number of nitrogens with zero attached hydrogens (tertiary/aromatic N) is 1. The molecule has 47 heavy (non-hydrogen) atoms. The van der Waals surface area contributed by atoms with Gasteiger partial charge in [0.2, 0.25) is 5.82 Å². The second-order valence-corrected chi connectivity index (χ2v) is 11.2. The van der Waals surface area contributed by atoms with E-state index in [4.69, 9.17) is 9.47 Å². The van der Waals surface area contributed by atoms with Crippen molar-refractivity contribution in [3.63, 3.8) is 0 Å². The molecule has 0 radical (unpaired) electrons. The molecule has 0 spiro atoms. The second kappa shape index (κ2) is 14.6. The summed E-state index contributed by atoms with van der Waals surface area (Å²) in [5.74, 6) is -12.8. The van der Waals surface area contributed by atoms with Crippen molar-refractivity contribution >= 4 is 11.6 Å². The molecule has 0 bridgehead atoms. The molecule has 4 N–H and O–H groups in total. The Hall–Kier alpha value is -4.40. The van der Waals surface area contributed by atoms with Crippen LogP contribution >= 0.6 is 0 Å². The summed E-state index contributed by atoms with van der Waals surface area (Å²) >= 11 is 0. The van der Waals surface area contributed by atoms with Crippen molar-refractivity contribution in [3.8, 4) is 5.75 Å². The molecule has 4 atom stereocenters. The Bertz CT molecular complexity index is 1690. The van der Waals surface area contributed by atoms with Crippen LogP contribution in [0.3, 0.4) is 0 Å². The van der Waals surface area contributed by atoms with Gasteiger partial charge in [0.25, 0.3) is 5.91 Å². The number of aromatic hydroxyl groups is 1. The summed E-state index contributed by atoms with van der Waals surface area (Å²) in [6.45, 7) is 0.499. The largest absolute Gasteiger partial charge is 0.508 e. The van der Waals surface area contributed by atoms with Gasteiger partial charge in [-0.1, -0.05) is 48.5 Å². The van der Waals surface area contributed by atoms with Gasteiger partial charge in [-0.05, 0) is 48.0 Å². The Morgan fingerprint density at radius 1 is 0.894 bits per heavy atom. The zero-order chi connectivity index (χ0) is 33.8. The van der Waals surface area contributed by atoms with Crippen LogP contribution in [-0.4, -0.2) is 52.4 Å². The van der Waals surface area contributed by atoms with E-state index in [1.54, 1.807) is 24.3 Å². The number of hydrogen-bond acceptors (Lipinski definition) is 7. The summed E-state index contributed by atoms with van der Waals surface area (Å²) in [5.41, 5.74) is 1.00. The van der Waals surface area contributed by atoms with Crippen LogP contribution in [-0.2, 0) is 16.1 Å². The summed E-state index contributed by atoms with van der Waals surface area (Å²) in [6.07, 6.45) is -2.19. The number of nitrogens with one attached hydrogen (secondary N) is 1. The Kier molecular flexibility index (Phi) is 10.5. The van der Waals surface area contributed by atoms with E-state index in [1.165, 1.54) is 36.4 Å². The Morgan fingerprint density at radius 3 is 2.13 bits per heavy atom. The molecule has 248 valence electrons. The third-order valence-electron chi connectivity index (χ3n) is 7.75. The van der Waals surface area contributed by atoms with Gasteiger partial charge < -0.3 is 35.0 Å². The van der Waals surface area contributed by atoms with E-state index in [1.807, 2.05) is 24.1 Å². The average molecular weight is 659 g/mol. The molecule has 1 fully saturated rings. The second-order valence-electron chi connectivity index (χ2n) is 11.2. The number of anilines is 1. The molecule has 0 saturated carbocycles. The van der Waals surface area contributed by atoms with Gasteiger partial charge >= 0.3 is 0 Å². The van der Waals surface area contributed by atoms with Crippen LogP contribution in [0.4, 0.5) is 27.6 Å². The lowest BCUT2D eigenvalue weighted by Gasteiger charge is -2.38. The summed E-state index contributed by atoms with van der Waals surface area (Å²) in [7, 11) is 1.81. The molecular weight excluding hydrogens is 627 g/mol. The smallest absolute Gasteiger partial charge is 0.261 e. The highest BCUT2D eigenvalue weighted by molar-refractivity contribution is 6.04. The predicted molar refractivity (Wildman–Crippen MR) is 160 cm³/mol. The lowest BCUT2D eigenvalue weighted by Crippen LogP contribution is -2.39. The van der Waals surface area contributed by atoms with E-state index in [2.05, 4.69) is 5.32 Å². The molecule has 1 amide bonds. The summed E-state index contributed by atoms with van der Waals surface area (Å²) < 4.78 is 81.4. The van der Waals surface area contributed by atoms with Crippen LogP contribution in [0.1, 0.15) is 57.5 Å². The van der Waals surface area contributed by atoms with Crippen LogP contribution in [0, 0.1) is 29.1 Å². The molecule has 4 aromatic rings. The minimum atomic E-state index is -2.37. The predicted octanol–water partition coefficient (Wildman–Crippen LogP) is 6.04. The van der Waals surface area contributed by atoms with E-state index in [-0.39, 0.29) is 24.6 Å². The summed E-state index contributed by atoms with van der Waals surface area (Å²) in [5, 5.41) is 32.1. The van der Waals surface area contributed by atoms with Gasteiger partial charge in [-0.2, -0.15) is 0 Å². The van der Waals surface area contributed by atoms with Gasteiger partial charge in [0.05, 0.1) is 24.9 Å². The van der Waals surface area contributed by atoms with Gasteiger partial charge in [-0.25, -0.2) is 22.0 Å². The van der Waals surface area contributed by atoms with Gasteiger partial charge in [0, 0.05) is 30.8 Å².